The standard InChI is InChI=1S/C9H11N5/c1-6(2)8-4-3-7(5-10-8)9-11-13-14-12-9/h3-6H,1-2H3,(H,11,12,13,14). The number of pyridine rings is 1. The Morgan fingerprint density at radius 2 is 2.14 bits per heavy atom. The van der Waals surface area contributed by atoms with E-state index < -0.39 is 0 Å². The molecule has 2 aromatic rings. The maximum atomic E-state index is 4.31. The van der Waals surface area contributed by atoms with E-state index in [-0.39, 0.29) is 0 Å². The molecule has 0 aliphatic heterocycles. The van der Waals surface area contributed by atoms with Gasteiger partial charge in [-0.3, -0.25) is 4.98 Å². The highest BCUT2D eigenvalue weighted by atomic mass is 15.5. The average Bonchev–Trinajstić information content (AvgIpc) is 2.71. The van der Waals surface area contributed by atoms with Crippen LogP contribution in [0.2, 0.25) is 0 Å². The van der Waals surface area contributed by atoms with Crippen LogP contribution in [0.15, 0.2) is 18.3 Å². The van der Waals surface area contributed by atoms with E-state index in [0.717, 1.165) is 11.3 Å². The van der Waals surface area contributed by atoms with Crippen LogP contribution in [0.3, 0.4) is 0 Å². The Hall–Kier alpha value is -1.78. The second-order valence-electron chi connectivity index (χ2n) is 3.36. The van der Waals surface area contributed by atoms with Crippen molar-refractivity contribution in [3.05, 3.63) is 24.0 Å². The Kier molecular flexibility index (Phi) is 2.22. The van der Waals surface area contributed by atoms with Gasteiger partial charge in [-0.15, -0.1) is 10.2 Å². The normalized spacial score (nSPS) is 10.8. The number of aromatic amines is 1. The van der Waals surface area contributed by atoms with Crippen LogP contribution in [0.25, 0.3) is 11.4 Å². The van der Waals surface area contributed by atoms with Crippen LogP contribution < -0.4 is 0 Å². The molecule has 1 N–H and O–H groups in total. The molecule has 0 saturated carbocycles. The van der Waals surface area contributed by atoms with Gasteiger partial charge in [-0.05, 0) is 23.3 Å². The van der Waals surface area contributed by atoms with Crippen LogP contribution in [0.4, 0.5) is 0 Å². The number of nitrogens with zero attached hydrogens (tertiary/aromatic N) is 4. The first-order chi connectivity index (χ1) is 6.77. The van der Waals surface area contributed by atoms with Crippen LogP contribution in [-0.2, 0) is 0 Å². The van der Waals surface area contributed by atoms with E-state index in [2.05, 4.69) is 39.5 Å². The van der Waals surface area contributed by atoms with Crippen molar-refractivity contribution in [2.24, 2.45) is 0 Å². The van der Waals surface area contributed by atoms with E-state index in [1.165, 1.54) is 0 Å². The van der Waals surface area contributed by atoms with E-state index >= 15 is 0 Å². The minimum absolute atomic E-state index is 0.439. The van der Waals surface area contributed by atoms with Crippen molar-refractivity contribution in [3.8, 4) is 11.4 Å². The van der Waals surface area contributed by atoms with E-state index in [9.17, 15) is 0 Å². The fraction of sp³-hybridized carbons (Fsp3) is 0.333. The molecule has 0 amide bonds. The second kappa shape index (κ2) is 3.53. The summed E-state index contributed by atoms with van der Waals surface area (Å²) < 4.78 is 0. The number of aromatic nitrogens is 5. The summed E-state index contributed by atoms with van der Waals surface area (Å²) in [6.45, 7) is 4.21. The first-order valence-corrected chi connectivity index (χ1v) is 4.47. The molecule has 14 heavy (non-hydrogen) atoms. The Labute approximate surface area is 81.6 Å². The second-order valence-corrected chi connectivity index (χ2v) is 3.36. The summed E-state index contributed by atoms with van der Waals surface area (Å²) in [5.74, 6) is 1.02. The van der Waals surface area contributed by atoms with Crippen LogP contribution in [0, 0.1) is 0 Å². The van der Waals surface area contributed by atoms with Gasteiger partial charge < -0.3 is 0 Å². The lowest BCUT2D eigenvalue weighted by Gasteiger charge is -2.03. The summed E-state index contributed by atoms with van der Waals surface area (Å²) in [6.07, 6.45) is 1.76. The van der Waals surface area contributed by atoms with E-state index in [0.29, 0.717) is 11.7 Å². The fourth-order valence-corrected chi connectivity index (χ4v) is 1.16. The molecule has 0 spiro atoms. The highest BCUT2D eigenvalue weighted by Crippen LogP contribution is 2.15. The predicted molar refractivity (Wildman–Crippen MR) is 51.5 cm³/mol. The maximum Gasteiger partial charge on any atom is 0.206 e. The number of hydrogen-bond donors (Lipinski definition) is 1. The summed E-state index contributed by atoms with van der Waals surface area (Å²) in [7, 11) is 0. The Balaban J connectivity index is 2.31. The van der Waals surface area contributed by atoms with Gasteiger partial charge in [0.1, 0.15) is 0 Å². The van der Waals surface area contributed by atoms with Gasteiger partial charge in [0, 0.05) is 17.5 Å². The number of rotatable bonds is 2. The van der Waals surface area contributed by atoms with Crippen LogP contribution in [-0.4, -0.2) is 25.6 Å². The first kappa shape index (κ1) is 8.80. The van der Waals surface area contributed by atoms with Gasteiger partial charge in [-0.25, -0.2) is 0 Å². The Morgan fingerprint density at radius 3 is 2.64 bits per heavy atom. The molecule has 2 heterocycles. The van der Waals surface area contributed by atoms with Gasteiger partial charge in [0.2, 0.25) is 5.82 Å². The van der Waals surface area contributed by atoms with Gasteiger partial charge in [0.25, 0.3) is 0 Å². The van der Waals surface area contributed by atoms with Gasteiger partial charge in [0.05, 0.1) is 0 Å². The van der Waals surface area contributed by atoms with Crippen LogP contribution in [0.5, 0.6) is 0 Å². The smallest absolute Gasteiger partial charge is 0.206 e. The molecule has 72 valence electrons. The third kappa shape index (κ3) is 1.61. The first-order valence-electron chi connectivity index (χ1n) is 4.47. The maximum absolute atomic E-state index is 4.31. The molecular formula is C9H11N5. The Bertz CT molecular complexity index is 390. The zero-order valence-electron chi connectivity index (χ0n) is 8.10. The predicted octanol–water partition coefficient (Wildman–Crippen LogP) is 1.39. The SMILES string of the molecule is CC(C)c1ccc(-c2nn[nH]n2)cn1. The number of nitrogens with one attached hydrogen (secondary N) is 1. The van der Waals surface area contributed by atoms with Crippen LogP contribution >= 0.6 is 0 Å². The van der Waals surface area contributed by atoms with Crippen molar-refractivity contribution in [1.29, 1.82) is 0 Å². The fourth-order valence-electron chi connectivity index (χ4n) is 1.16. The molecule has 0 aliphatic rings. The third-order valence-electron chi connectivity index (χ3n) is 1.98. The largest absolute Gasteiger partial charge is 0.260 e. The average molecular weight is 189 g/mol. The van der Waals surface area contributed by atoms with Gasteiger partial charge in [0.15, 0.2) is 0 Å². The molecule has 0 radical (unpaired) electrons. The summed E-state index contributed by atoms with van der Waals surface area (Å²) in [5, 5.41) is 13.6. The molecule has 2 aromatic heterocycles. The molecule has 0 atom stereocenters. The molecule has 5 heteroatoms. The molecule has 0 unspecified atom stereocenters. The Morgan fingerprint density at radius 1 is 1.29 bits per heavy atom. The molecule has 0 aliphatic carbocycles. The highest BCUT2D eigenvalue weighted by molar-refractivity contribution is 5.51. The molecule has 5 nitrogen and oxygen atoms in total. The lowest BCUT2D eigenvalue weighted by atomic mass is 10.1. The number of hydrogen-bond acceptors (Lipinski definition) is 4. The highest BCUT2D eigenvalue weighted by Gasteiger charge is 2.04. The summed E-state index contributed by atoms with van der Waals surface area (Å²) in [6, 6.07) is 3.93. The van der Waals surface area contributed by atoms with Crippen molar-refractivity contribution in [2.75, 3.05) is 0 Å². The third-order valence-corrected chi connectivity index (χ3v) is 1.98. The van der Waals surface area contributed by atoms with Gasteiger partial charge in [-0.1, -0.05) is 13.8 Å². The van der Waals surface area contributed by atoms with Crippen molar-refractivity contribution in [3.63, 3.8) is 0 Å². The van der Waals surface area contributed by atoms with Crippen LogP contribution in [0.1, 0.15) is 25.5 Å². The topological polar surface area (TPSA) is 67.3 Å². The molecule has 2 rings (SSSR count). The minimum atomic E-state index is 0.439. The summed E-state index contributed by atoms with van der Waals surface area (Å²) in [5.41, 5.74) is 1.94. The van der Waals surface area contributed by atoms with E-state index in [1.54, 1.807) is 6.20 Å². The molecule has 0 aromatic carbocycles. The van der Waals surface area contributed by atoms with Crippen molar-refractivity contribution < 1.29 is 0 Å². The van der Waals surface area contributed by atoms with Gasteiger partial charge in [-0.2, -0.15) is 5.21 Å². The minimum Gasteiger partial charge on any atom is -0.260 e. The number of H-pyrrole nitrogens is 1. The van der Waals surface area contributed by atoms with Gasteiger partial charge >= 0.3 is 0 Å². The summed E-state index contributed by atoms with van der Waals surface area (Å²) >= 11 is 0. The molecule has 0 bridgehead atoms. The zero-order chi connectivity index (χ0) is 9.97. The zero-order valence-corrected chi connectivity index (χ0v) is 8.10. The van der Waals surface area contributed by atoms with Crippen molar-refractivity contribution >= 4 is 0 Å². The molecule has 0 fully saturated rings. The quantitative estimate of drug-likeness (QED) is 0.775. The lowest BCUT2D eigenvalue weighted by Crippen LogP contribution is -1.92. The van der Waals surface area contributed by atoms with Crippen molar-refractivity contribution in [1.82, 2.24) is 25.6 Å². The van der Waals surface area contributed by atoms with Crippen molar-refractivity contribution in [2.45, 2.75) is 19.8 Å². The number of tetrazole rings is 1. The van der Waals surface area contributed by atoms with E-state index in [4.69, 9.17) is 0 Å². The monoisotopic (exact) mass is 189 g/mol. The molecule has 0 saturated heterocycles. The lowest BCUT2D eigenvalue weighted by molar-refractivity contribution is 0.823. The molecular weight excluding hydrogens is 178 g/mol. The summed E-state index contributed by atoms with van der Waals surface area (Å²) in [4.78, 5) is 4.31. The van der Waals surface area contributed by atoms with E-state index in [1.807, 2.05) is 12.1 Å².